The Morgan fingerprint density at radius 1 is 1.33 bits per heavy atom. The molecule has 0 aromatic carbocycles. The molecule has 21 heavy (non-hydrogen) atoms. The molecule has 0 bridgehead atoms. The summed E-state index contributed by atoms with van der Waals surface area (Å²) in [5, 5.41) is 3.37. The van der Waals surface area contributed by atoms with E-state index in [1.165, 1.54) is 20.0 Å². The first kappa shape index (κ1) is 18.4. The minimum atomic E-state index is -0.695. The van der Waals surface area contributed by atoms with Gasteiger partial charge in [0.1, 0.15) is 5.54 Å². The van der Waals surface area contributed by atoms with E-state index in [0.717, 1.165) is 12.5 Å². The maximum absolute atomic E-state index is 12.2. The molecule has 5 nitrogen and oxygen atoms in total. The highest BCUT2D eigenvalue weighted by Gasteiger charge is 2.40. The molecule has 0 spiro atoms. The Hall–Kier alpha value is -0.650. The Balaban J connectivity index is 2.80. The van der Waals surface area contributed by atoms with Crippen molar-refractivity contribution in [1.29, 1.82) is 0 Å². The first-order chi connectivity index (χ1) is 9.84. The van der Waals surface area contributed by atoms with Crippen molar-refractivity contribution in [2.45, 2.75) is 58.2 Å². The summed E-state index contributed by atoms with van der Waals surface area (Å²) in [6, 6.07) is 0.688. The lowest BCUT2D eigenvalue weighted by molar-refractivity contribution is -0.149. The number of methoxy groups -OCH3 is 2. The molecule has 1 aliphatic rings. The smallest absolute Gasteiger partial charge is 0.327 e. The van der Waals surface area contributed by atoms with Gasteiger partial charge in [-0.25, -0.2) is 0 Å². The third-order valence-electron chi connectivity index (χ3n) is 4.23. The lowest BCUT2D eigenvalue weighted by atomic mass is 9.98. The molecule has 2 unspecified atom stereocenters. The van der Waals surface area contributed by atoms with Crippen molar-refractivity contribution < 1.29 is 14.3 Å². The van der Waals surface area contributed by atoms with Gasteiger partial charge in [-0.15, -0.1) is 0 Å². The van der Waals surface area contributed by atoms with Gasteiger partial charge < -0.3 is 9.47 Å². The third-order valence-corrected chi connectivity index (χ3v) is 4.23. The lowest BCUT2D eigenvalue weighted by Crippen LogP contribution is -2.61. The number of ether oxygens (including phenoxy) is 2. The van der Waals surface area contributed by atoms with Crippen LogP contribution in [-0.4, -0.2) is 62.4 Å². The molecule has 0 radical (unpaired) electrons. The van der Waals surface area contributed by atoms with Crippen molar-refractivity contribution in [1.82, 2.24) is 10.2 Å². The predicted octanol–water partition coefficient (Wildman–Crippen LogP) is 1.66. The second-order valence-electron chi connectivity index (χ2n) is 6.66. The Morgan fingerprint density at radius 2 is 1.95 bits per heavy atom. The quantitative estimate of drug-likeness (QED) is 0.622. The summed E-state index contributed by atoms with van der Waals surface area (Å²) in [4.78, 5) is 14.6. The van der Waals surface area contributed by atoms with Gasteiger partial charge in [0.2, 0.25) is 0 Å². The zero-order valence-electron chi connectivity index (χ0n) is 14.4. The molecule has 0 saturated heterocycles. The van der Waals surface area contributed by atoms with Crippen molar-refractivity contribution in [2.24, 2.45) is 5.92 Å². The molecule has 0 amide bonds. The van der Waals surface area contributed by atoms with Gasteiger partial charge in [-0.05, 0) is 46.5 Å². The van der Waals surface area contributed by atoms with E-state index in [9.17, 15) is 4.79 Å². The van der Waals surface area contributed by atoms with Crippen molar-refractivity contribution in [3.05, 3.63) is 0 Å². The molecule has 0 heterocycles. The summed E-state index contributed by atoms with van der Waals surface area (Å²) >= 11 is 0. The Labute approximate surface area is 129 Å². The summed E-state index contributed by atoms with van der Waals surface area (Å²) < 4.78 is 10.2. The molecule has 1 N–H and O–H groups in total. The van der Waals surface area contributed by atoms with E-state index in [1.807, 2.05) is 20.8 Å². The largest absolute Gasteiger partial charge is 0.468 e. The number of nitrogens with zero attached hydrogens (tertiary/aromatic N) is 1. The van der Waals surface area contributed by atoms with E-state index in [2.05, 4.69) is 17.1 Å². The number of carbonyl (C=O) groups is 1. The summed E-state index contributed by atoms with van der Waals surface area (Å²) in [5.74, 6) is 0.546. The van der Waals surface area contributed by atoms with Gasteiger partial charge in [-0.1, -0.05) is 0 Å². The van der Waals surface area contributed by atoms with E-state index in [4.69, 9.17) is 9.47 Å². The average Bonchev–Trinajstić information content (AvgIpc) is 3.25. The van der Waals surface area contributed by atoms with E-state index in [-0.39, 0.29) is 12.0 Å². The fourth-order valence-corrected chi connectivity index (χ4v) is 2.95. The van der Waals surface area contributed by atoms with Gasteiger partial charge >= 0.3 is 5.97 Å². The number of hydrogen-bond donors (Lipinski definition) is 1. The standard InChI is InChI=1S/C16H32N2O3/c1-12(2)17-16(4,15(19)21-6)11-18(9-10-20-5)13(3)14-7-8-14/h12-14,17H,7-11H2,1-6H3. The number of nitrogens with one attached hydrogen (secondary N) is 1. The number of hydrogen-bond acceptors (Lipinski definition) is 5. The van der Waals surface area contributed by atoms with Gasteiger partial charge in [0.25, 0.3) is 0 Å². The van der Waals surface area contributed by atoms with Gasteiger partial charge in [0.15, 0.2) is 0 Å². The second kappa shape index (κ2) is 8.11. The fraction of sp³-hybridized carbons (Fsp3) is 0.938. The zero-order valence-corrected chi connectivity index (χ0v) is 14.4. The molecule has 1 aliphatic carbocycles. The molecule has 5 heteroatoms. The van der Waals surface area contributed by atoms with Crippen LogP contribution in [0.25, 0.3) is 0 Å². The minimum absolute atomic E-state index is 0.207. The highest BCUT2D eigenvalue weighted by Crippen LogP contribution is 2.35. The Bertz CT molecular complexity index is 331. The molecule has 0 aromatic rings. The van der Waals surface area contributed by atoms with Crippen LogP contribution < -0.4 is 5.32 Å². The van der Waals surface area contributed by atoms with Crippen LogP contribution in [0.3, 0.4) is 0 Å². The average molecular weight is 300 g/mol. The first-order valence-electron chi connectivity index (χ1n) is 7.93. The van der Waals surface area contributed by atoms with Crippen LogP contribution in [0.4, 0.5) is 0 Å². The third kappa shape index (κ3) is 5.57. The van der Waals surface area contributed by atoms with Crippen LogP contribution in [0.15, 0.2) is 0 Å². The summed E-state index contributed by atoms with van der Waals surface area (Å²) in [6.45, 7) is 10.4. The zero-order chi connectivity index (χ0) is 16.0. The van der Waals surface area contributed by atoms with E-state index >= 15 is 0 Å². The van der Waals surface area contributed by atoms with Crippen LogP contribution in [0.1, 0.15) is 40.5 Å². The van der Waals surface area contributed by atoms with Crippen molar-refractivity contribution in [3.63, 3.8) is 0 Å². The van der Waals surface area contributed by atoms with Crippen LogP contribution >= 0.6 is 0 Å². The van der Waals surface area contributed by atoms with Crippen LogP contribution in [0, 0.1) is 5.92 Å². The summed E-state index contributed by atoms with van der Waals surface area (Å²) in [7, 11) is 3.16. The minimum Gasteiger partial charge on any atom is -0.468 e. The van der Waals surface area contributed by atoms with E-state index < -0.39 is 5.54 Å². The number of esters is 1. The SMILES string of the molecule is COCCN(CC(C)(NC(C)C)C(=O)OC)C(C)C1CC1. The maximum atomic E-state index is 12.2. The first-order valence-corrected chi connectivity index (χ1v) is 7.93. The number of rotatable bonds is 10. The normalized spacial score (nSPS) is 19.6. The maximum Gasteiger partial charge on any atom is 0.327 e. The van der Waals surface area contributed by atoms with Gasteiger partial charge in [0.05, 0.1) is 13.7 Å². The van der Waals surface area contributed by atoms with Crippen LogP contribution in [0.2, 0.25) is 0 Å². The Morgan fingerprint density at radius 3 is 2.38 bits per heavy atom. The highest BCUT2D eigenvalue weighted by atomic mass is 16.5. The van der Waals surface area contributed by atoms with E-state index in [1.54, 1.807) is 7.11 Å². The molecule has 1 saturated carbocycles. The van der Waals surface area contributed by atoms with Gasteiger partial charge in [-0.2, -0.15) is 0 Å². The van der Waals surface area contributed by atoms with Crippen molar-refractivity contribution in [2.75, 3.05) is 33.9 Å². The van der Waals surface area contributed by atoms with Crippen molar-refractivity contribution in [3.8, 4) is 0 Å². The highest BCUT2D eigenvalue weighted by molar-refractivity contribution is 5.80. The molecular formula is C16H32N2O3. The topological polar surface area (TPSA) is 50.8 Å². The van der Waals surface area contributed by atoms with Gasteiger partial charge in [-0.3, -0.25) is 15.0 Å². The molecule has 1 fully saturated rings. The lowest BCUT2D eigenvalue weighted by Gasteiger charge is -2.38. The molecule has 1 rings (SSSR count). The van der Waals surface area contributed by atoms with Gasteiger partial charge in [0, 0.05) is 32.3 Å². The predicted molar refractivity (Wildman–Crippen MR) is 84.3 cm³/mol. The van der Waals surface area contributed by atoms with E-state index in [0.29, 0.717) is 19.2 Å². The molecule has 124 valence electrons. The van der Waals surface area contributed by atoms with Crippen LogP contribution in [0.5, 0.6) is 0 Å². The molecular weight excluding hydrogens is 268 g/mol. The Kier molecular flexibility index (Phi) is 7.10. The number of carbonyl (C=O) groups excluding carboxylic acids is 1. The summed E-state index contributed by atoms with van der Waals surface area (Å²) in [6.07, 6.45) is 2.58. The fourth-order valence-electron chi connectivity index (χ4n) is 2.95. The van der Waals surface area contributed by atoms with Crippen molar-refractivity contribution >= 4 is 5.97 Å². The summed E-state index contributed by atoms with van der Waals surface area (Å²) in [5.41, 5.74) is -0.695. The van der Waals surface area contributed by atoms with Crippen LogP contribution in [-0.2, 0) is 14.3 Å². The monoisotopic (exact) mass is 300 g/mol. The molecule has 2 atom stereocenters. The molecule has 0 aromatic heterocycles. The second-order valence-corrected chi connectivity index (χ2v) is 6.66. The molecule has 0 aliphatic heterocycles.